The molecule has 1 aromatic rings. The average Bonchev–Trinajstić information content (AvgIpc) is 2.59. The molecule has 0 N–H and O–H groups in total. The molecule has 0 aromatic heterocycles. The molecular formula is C19H23BrO5. The lowest BCUT2D eigenvalue weighted by atomic mass is 9.67. The molecule has 0 heterocycles. The first kappa shape index (κ1) is 18.2. The smallest absolute Gasteiger partial charge is 0.309 e. The lowest BCUT2D eigenvalue weighted by molar-refractivity contribution is -0.154. The maximum absolute atomic E-state index is 12.5. The van der Waals surface area contributed by atoms with Crippen molar-refractivity contribution in [3.05, 3.63) is 22.2 Å². The minimum atomic E-state index is -0.203. The van der Waals surface area contributed by atoms with E-state index < -0.39 is 0 Å². The maximum Gasteiger partial charge on any atom is 0.309 e. The Morgan fingerprint density at radius 2 is 1.72 bits per heavy atom. The molecule has 3 rings (SSSR count). The molecule has 5 nitrogen and oxygen atoms in total. The van der Waals surface area contributed by atoms with Crippen LogP contribution in [0.1, 0.15) is 37.7 Å². The van der Waals surface area contributed by atoms with E-state index >= 15 is 0 Å². The number of carbonyl (C=O) groups excluding carboxylic acids is 2. The number of Topliss-reactive ketones (excluding diaryl/α,β-unsaturated/α-hetero) is 1. The minimum absolute atomic E-state index is 0.0536. The van der Waals surface area contributed by atoms with Crippen molar-refractivity contribution in [2.75, 3.05) is 14.2 Å². The van der Waals surface area contributed by atoms with Crippen LogP contribution in [0, 0.1) is 17.8 Å². The summed E-state index contributed by atoms with van der Waals surface area (Å²) in [5.74, 6) is 1.31. The average molecular weight is 411 g/mol. The van der Waals surface area contributed by atoms with Gasteiger partial charge in [0.25, 0.3) is 0 Å². The zero-order valence-corrected chi connectivity index (χ0v) is 16.1. The standard InChI is InChI=1S/C19H23BrO5/c1-23-16-8-14(15(20)9-17(16)24-2)10-25-19(22)13-6-11-4-3-5-12(7-13)18(11)21/h8-9,11-13H,3-7,10H2,1-2H3/t11-,12-/m1/s1. The van der Waals surface area contributed by atoms with E-state index in [4.69, 9.17) is 14.2 Å². The van der Waals surface area contributed by atoms with Gasteiger partial charge in [-0.3, -0.25) is 9.59 Å². The highest BCUT2D eigenvalue weighted by atomic mass is 79.9. The largest absolute Gasteiger partial charge is 0.493 e. The minimum Gasteiger partial charge on any atom is -0.493 e. The molecule has 0 spiro atoms. The number of halogens is 1. The van der Waals surface area contributed by atoms with Gasteiger partial charge in [-0.15, -0.1) is 0 Å². The fourth-order valence-corrected chi connectivity index (χ4v) is 4.38. The first-order valence-corrected chi connectivity index (χ1v) is 9.43. The van der Waals surface area contributed by atoms with Crippen LogP contribution in [0.3, 0.4) is 0 Å². The van der Waals surface area contributed by atoms with Gasteiger partial charge in [0.1, 0.15) is 12.4 Å². The van der Waals surface area contributed by atoms with Gasteiger partial charge in [0.05, 0.1) is 20.1 Å². The van der Waals surface area contributed by atoms with Crippen molar-refractivity contribution >= 4 is 27.7 Å². The molecule has 2 aliphatic carbocycles. The highest BCUT2D eigenvalue weighted by Gasteiger charge is 2.41. The van der Waals surface area contributed by atoms with Crippen molar-refractivity contribution in [1.29, 1.82) is 0 Å². The zero-order chi connectivity index (χ0) is 18.0. The Balaban J connectivity index is 1.64. The van der Waals surface area contributed by atoms with Gasteiger partial charge in [-0.2, -0.15) is 0 Å². The van der Waals surface area contributed by atoms with Gasteiger partial charge in [0.15, 0.2) is 11.5 Å². The molecule has 0 radical (unpaired) electrons. The summed E-state index contributed by atoms with van der Waals surface area (Å²) in [6.07, 6.45) is 4.21. The lowest BCUT2D eigenvalue weighted by Crippen LogP contribution is -2.39. The van der Waals surface area contributed by atoms with E-state index in [1.165, 1.54) is 0 Å². The molecule has 25 heavy (non-hydrogen) atoms. The van der Waals surface area contributed by atoms with Gasteiger partial charge in [0, 0.05) is 21.9 Å². The fraction of sp³-hybridized carbons (Fsp3) is 0.579. The molecule has 1 aromatic carbocycles. The van der Waals surface area contributed by atoms with Gasteiger partial charge >= 0.3 is 5.97 Å². The molecule has 2 fully saturated rings. The number of methoxy groups -OCH3 is 2. The predicted octanol–water partition coefficient (Wildman–Crippen LogP) is 3.90. The molecule has 2 atom stereocenters. The summed E-state index contributed by atoms with van der Waals surface area (Å²) < 4.78 is 16.9. The Bertz CT molecular complexity index is 656. The van der Waals surface area contributed by atoms with Crippen LogP contribution in [0.25, 0.3) is 0 Å². The van der Waals surface area contributed by atoms with Crippen LogP contribution in [-0.2, 0) is 20.9 Å². The Hall–Kier alpha value is -1.56. The van der Waals surface area contributed by atoms with Gasteiger partial charge in [-0.05, 0) is 37.8 Å². The number of benzene rings is 1. The van der Waals surface area contributed by atoms with Gasteiger partial charge in [-0.1, -0.05) is 22.4 Å². The lowest BCUT2D eigenvalue weighted by Gasteiger charge is -2.36. The Morgan fingerprint density at radius 3 is 2.32 bits per heavy atom. The molecule has 0 aliphatic heterocycles. The van der Waals surface area contributed by atoms with Gasteiger partial charge < -0.3 is 14.2 Å². The Morgan fingerprint density at radius 1 is 1.12 bits per heavy atom. The van der Waals surface area contributed by atoms with Crippen molar-refractivity contribution in [3.8, 4) is 11.5 Å². The molecule has 2 bridgehead atoms. The normalized spacial score (nSPS) is 25.4. The van der Waals surface area contributed by atoms with Crippen LogP contribution in [0.15, 0.2) is 16.6 Å². The summed E-state index contributed by atoms with van der Waals surface area (Å²) in [5, 5.41) is 0. The summed E-state index contributed by atoms with van der Waals surface area (Å²) in [4.78, 5) is 24.6. The van der Waals surface area contributed by atoms with E-state index in [0.717, 1.165) is 29.3 Å². The van der Waals surface area contributed by atoms with Crippen molar-refractivity contribution in [2.45, 2.75) is 38.7 Å². The summed E-state index contributed by atoms with van der Waals surface area (Å²) in [6, 6.07) is 3.60. The number of hydrogen-bond donors (Lipinski definition) is 0. The Kier molecular flexibility index (Phi) is 5.67. The number of ketones is 1. The van der Waals surface area contributed by atoms with E-state index in [-0.39, 0.29) is 30.3 Å². The molecule has 2 saturated carbocycles. The van der Waals surface area contributed by atoms with Crippen molar-refractivity contribution in [1.82, 2.24) is 0 Å². The molecule has 6 heteroatoms. The van der Waals surface area contributed by atoms with Crippen LogP contribution in [0.4, 0.5) is 0 Å². The Labute approximate surface area is 156 Å². The van der Waals surface area contributed by atoms with Crippen LogP contribution >= 0.6 is 15.9 Å². The molecule has 2 aliphatic rings. The first-order chi connectivity index (χ1) is 12.0. The number of hydrogen-bond acceptors (Lipinski definition) is 5. The molecular weight excluding hydrogens is 388 g/mol. The molecule has 0 amide bonds. The van der Waals surface area contributed by atoms with Crippen LogP contribution in [0.2, 0.25) is 0 Å². The summed E-state index contributed by atoms with van der Waals surface area (Å²) in [7, 11) is 3.14. The molecule has 0 unspecified atom stereocenters. The van der Waals surface area contributed by atoms with E-state index in [1.54, 1.807) is 26.4 Å². The summed E-state index contributed by atoms with van der Waals surface area (Å²) >= 11 is 3.47. The monoisotopic (exact) mass is 410 g/mol. The van der Waals surface area contributed by atoms with Crippen LogP contribution in [0.5, 0.6) is 11.5 Å². The molecule has 136 valence electrons. The quantitative estimate of drug-likeness (QED) is 0.688. The highest BCUT2D eigenvalue weighted by molar-refractivity contribution is 9.10. The van der Waals surface area contributed by atoms with Crippen molar-refractivity contribution in [3.63, 3.8) is 0 Å². The second-order valence-corrected chi connectivity index (χ2v) is 7.66. The molecule has 0 saturated heterocycles. The van der Waals surface area contributed by atoms with Crippen LogP contribution < -0.4 is 9.47 Å². The second-order valence-electron chi connectivity index (χ2n) is 6.80. The number of fused-ring (bicyclic) bond motifs is 2. The SMILES string of the molecule is COc1cc(Br)c(COC(=O)C2C[C@H]3CCC[C@H](C2)C3=O)cc1OC. The van der Waals surface area contributed by atoms with Crippen molar-refractivity contribution in [2.24, 2.45) is 17.8 Å². The van der Waals surface area contributed by atoms with E-state index in [2.05, 4.69) is 15.9 Å². The summed E-state index contributed by atoms with van der Waals surface area (Å²) in [5.41, 5.74) is 0.818. The fourth-order valence-electron chi connectivity index (χ4n) is 3.95. The van der Waals surface area contributed by atoms with Gasteiger partial charge in [-0.25, -0.2) is 0 Å². The van der Waals surface area contributed by atoms with E-state index in [9.17, 15) is 9.59 Å². The van der Waals surface area contributed by atoms with Crippen LogP contribution in [-0.4, -0.2) is 26.0 Å². The zero-order valence-electron chi connectivity index (χ0n) is 14.5. The third-order valence-electron chi connectivity index (χ3n) is 5.30. The topological polar surface area (TPSA) is 61.8 Å². The number of carbonyl (C=O) groups is 2. The van der Waals surface area contributed by atoms with E-state index in [0.29, 0.717) is 30.1 Å². The first-order valence-electron chi connectivity index (χ1n) is 8.64. The predicted molar refractivity (Wildman–Crippen MR) is 95.6 cm³/mol. The third-order valence-corrected chi connectivity index (χ3v) is 6.04. The number of rotatable bonds is 5. The van der Waals surface area contributed by atoms with Gasteiger partial charge in [0.2, 0.25) is 0 Å². The maximum atomic E-state index is 12.5. The highest BCUT2D eigenvalue weighted by Crippen LogP contribution is 2.40. The number of esters is 1. The second kappa shape index (κ2) is 7.77. The van der Waals surface area contributed by atoms with Crippen molar-refractivity contribution < 1.29 is 23.8 Å². The summed E-state index contributed by atoms with van der Waals surface area (Å²) in [6.45, 7) is 0.166. The van der Waals surface area contributed by atoms with E-state index in [1.807, 2.05) is 0 Å². The number of ether oxygens (including phenoxy) is 3. The third kappa shape index (κ3) is 3.84.